The molecule has 1 heterocycles. The Hall–Kier alpha value is -0.500. The first-order chi connectivity index (χ1) is 7.22. The van der Waals surface area contributed by atoms with Gasteiger partial charge in [0.2, 0.25) is 0 Å². The Kier molecular flexibility index (Phi) is 3.35. The molecule has 1 fully saturated rings. The topological polar surface area (TPSA) is 29.5 Å². The molecule has 0 bridgehead atoms. The normalized spacial score (nSPS) is 27.7. The standard InChI is InChI=1S/C13H22O2/c1-13(7-3-2-4-8-13)12(14)11-6-5-9-15-10-11/h10,12,14H,2-9H2,1H3. The Bertz CT molecular complexity index is 239. The molecule has 1 N–H and O–H groups in total. The first-order valence-electron chi connectivity index (χ1n) is 6.21. The maximum atomic E-state index is 10.4. The van der Waals surface area contributed by atoms with Crippen LogP contribution in [0.15, 0.2) is 11.8 Å². The molecular weight excluding hydrogens is 188 g/mol. The molecule has 0 aromatic heterocycles. The molecular formula is C13H22O2. The lowest BCUT2D eigenvalue weighted by atomic mass is 9.69. The Morgan fingerprint density at radius 1 is 1.27 bits per heavy atom. The van der Waals surface area contributed by atoms with Crippen LogP contribution in [0.5, 0.6) is 0 Å². The molecule has 0 amide bonds. The molecule has 0 aromatic rings. The first kappa shape index (κ1) is 11.0. The lowest BCUT2D eigenvalue weighted by Gasteiger charge is -2.39. The van der Waals surface area contributed by atoms with Crippen LogP contribution in [0.1, 0.15) is 51.9 Å². The Morgan fingerprint density at radius 3 is 2.60 bits per heavy atom. The second kappa shape index (κ2) is 4.56. The molecule has 1 atom stereocenters. The summed E-state index contributed by atoms with van der Waals surface area (Å²) in [4.78, 5) is 0. The number of rotatable bonds is 2. The van der Waals surface area contributed by atoms with Gasteiger partial charge in [0.25, 0.3) is 0 Å². The van der Waals surface area contributed by atoms with Crippen molar-refractivity contribution in [3.8, 4) is 0 Å². The van der Waals surface area contributed by atoms with Crippen LogP contribution in [0, 0.1) is 5.41 Å². The van der Waals surface area contributed by atoms with E-state index in [0.29, 0.717) is 0 Å². The predicted octanol–water partition coefficient (Wildman–Crippen LogP) is 3.01. The van der Waals surface area contributed by atoms with E-state index >= 15 is 0 Å². The average Bonchev–Trinajstić information content (AvgIpc) is 2.30. The fraction of sp³-hybridized carbons (Fsp3) is 0.846. The van der Waals surface area contributed by atoms with E-state index in [4.69, 9.17) is 4.74 Å². The molecule has 2 heteroatoms. The highest BCUT2D eigenvalue weighted by Gasteiger charge is 2.36. The third-order valence-corrected chi connectivity index (χ3v) is 3.97. The van der Waals surface area contributed by atoms with Crippen molar-refractivity contribution in [2.45, 2.75) is 58.0 Å². The van der Waals surface area contributed by atoms with Gasteiger partial charge in [-0.25, -0.2) is 0 Å². The summed E-state index contributed by atoms with van der Waals surface area (Å²) in [7, 11) is 0. The van der Waals surface area contributed by atoms with Crippen LogP contribution in [0.3, 0.4) is 0 Å². The zero-order valence-electron chi connectivity index (χ0n) is 9.67. The fourth-order valence-corrected chi connectivity index (χ4v) is 2.87. The van der Waals surface area contributed by atoms with Gasteiger partial charge in [0.05, 0.1) is 19.0 Å². The van der Waals surface area contributed by atoms with E-state index in [9.17, 15) is 5.11 Å². The van der Waals surface area contributed by atoms with Crippen LogP contribution < -0.4 is 0 Å². The summed E-state index contributed by atoms with van der Waals surface area (Å²) < 4.78 is 5.32. The molecule has 2 aliphatic rings. The smallest absolute Gasteiger partial charge is 0.0876 e. The lowest BCUT2D eigenvalue weighted by molar-refractivity contribution is 0.0269. The monoisotopic (exact) mass is 210 g/mol. The maximum absolute atomic E-state index is 10.4. The molecule has 0 spiro atoms. The molecule has 1 saturated carbocycles. The van der Waals surface area contributed by atoms with Crippen molar-refractivity contribution < 1.29 is 9.84 Å². The summed E-state index contributed by atoms with van der Waals surface area (Å²) in [6.07, 6.45) is 9.76. The van der Waals surface area contributed by atoms with Gasteiger partial charge in [-0.3, -0.25) is 0 Å². The minimum atomic E-state index is -0.280. The molecule has 1 aliphatic heterocycles. The van der Waals surface area contributed by atoms with Crippen molar-refractivity contribution in [3.63, 3.8) is 0 Å². The van der Waals surface area contributed by atoms with E-state index in [1.54, 1.807) is 6.26 Å². The van der Waals surface area contributed by atoms with Gasteiger partial charge in [0.15, 0.2) is 0 Å². The summed E-state index contributed by atoms with van der Waals surface area (Å²) in [6.45, 7) is 3.04. The van der Waals surface area contributed by atoms with Gasteiger partial charge >= 0.3 is 0 Å². The quantitative estimate of drug-likeness (QED) is 0.759. The van der Waals surface area contributed by atoms with Crippen molar-refractivity contribution in [1.29, 1.82) is 0 Å². The number of hydrogen-bond acceptors (Lipinski definition) is 2. The van der Waals surface area contributed by atoms with Crippen LogP contribution in [-0.4, -0.2) is 17.8 Å². The largest absolute Gasteiger partial charge is 0.501 e. The SMILES string of the molecule is CC1(C(O)C2=COCCC2)CCCCC1. The van der Waals surface area contributed by atoms with Gasteiger partial charge < -0.3 is 9.84 Å². The average molecular weight is 210 g/mol. The Morgan fingerprint density at radius 2 is 2.00 bits per heavy atom. The third kappa shape index (κ3) is 2.36. The van der Waals surface area contributed by atoms with Gasteiger partial charge in [0.1, 0.15) is 0 Å². The van der Waals surface area contributed by atoms with Crippen molar-refractivity contribution in [1.82, 2.24) is 0 Å². The van der Waals surface area contributed by atoms with Gasteiger partial charge in [-0.2, -0.15) is 0 Å². The van der Waals surface area contributed by atoms with E-state index in [2.05, 4.69) is 6.92 Å². The first-order valence-corrected chi connectivity index (χ1v) is 6.21. The summed E-state index contributed by atoms with van der Waals surface area (Å²) in [5, 5.41) is 10.4. The predicted molar refractivity (Wildman–Crippen MR) is 60.5 cm³/mol. The van der Waals surface area contributed by atoms with E-state index in [1.807, 2.05) is 0 Å². The molecule has 0 saturated heterocycles. The summed E-state index contributed by atoms with van der Waals surface area (Å²) >= 11 is 0. The zero-order chi connectivity index (χ0) is 10.7. The second-order valence-electron chi connectivity index (χ2n) is 5.28. The number of aliphatic hydroxyl groups excluding tert-OH is 1. The van der Waals surface area contributed by atoms with E-state index in [1.165, 1.54) is 19.3 Å². The van der Waals surface area contributed by atoms with Crippen LogP contribution in [0.2, 0.25) is 0 Å². The molecule has 2 rings (SSSR count). The highest BCUT2D eigenvalue weighted by molar-refractivity contribution is 5.12. The highest BCUT2D eigenvalue weighted by Crippen LogP contribution is 2.42. The van der Waals surface area contributed by atoms with Crippen molar-refractivity contribution >= 4 is 0 Å². The van der Waals surface area contributed by atoms with Crippen molar-refractivity contribution in [2.24, 2.45) is 5.41 Å². The van der Waals surface area contributed by atoms with Crippen LogP contribution in [0.4, 0.5) is 0 Å². The van der Waals surface area contributed by atoms with Crippen molar-refractivity contribution in [2.75, 3.05) is 6.61 Å². The number of ether oxygens (including phenoxy) is 1. The molecule has 1 unspecified atom stereocenters. The molecule has 0 aromatic carbocycles. The van der Waals surface area contributed by atoms with Gasteiger partial charge in [-0.1, -0.05) is 26.2 Å². The lowest BCUT2D eigenvalue weighted by Crippen LogP contribution is -2.36. The minimum absolute atomic E-state index is 0.102. The van der Waals surface area contributed by atoms with E-state index in [-0.39, 0.29) is 11.5 Å². The van der Waals surface area contributed by atoms with Crippen LogP contribution in [0.25, 0.3) is 0 Å². The molecule has 1 aliphatic carbocycles. The zero-order valence-corrected chi connectivity index (χ0v) is 9.67. The van der Waals surface area contributed by atoms with Crippen LogP contribution >= 0.6 is 0 Å². The minimum Gasteiger partial charge on any atom is -0.501 e. The summed E-state index contributed by atoms with van der Waals surface area (Å²) in [6, 6.07) is 0. The summed E-state index contributed by atoms with van der Waals surface area (Å²) in [5.41, 5.74) is 1.22. The van der Waals surface area contributed by atoms with Gasteiger partial charge in [0, 0.05) is 0 Å². The third-order valence-electron chi connectivity index (χ3n) is 3.97. The maximum Gasteiger partial charge on any atom is 0.0876 e. The number of aliphatic hydroxyl groups is 1. The number of hydrogen-bond donors (Lipinski definition) is 1. The molecule has 86 valence electrons. The fourth-order valence-electron chi connectivity index (χ4n) is 2.87. The van der Waals surface area contributed by atoms with E-state index < -0.39 is 0 Å². The molecule has 15 heavy (non-hydrogen) atoms. The summed E-state index contributed by atoms with van der Waals surface area (Å²) in [5.74, 6) is 0. The van der Waals surface area contributed by atoms with Gasteiger partial charge in [-0.05, 0) is 36.7 Å². The van der Waals surface area contributed by atoms with Crippen molar-refractivity contribution in [3.05, 3.63) is 11.8 Å². The van der Waals surface area contributed by atoms with E-state index in [0.717, 1.165) is 37.9 Å². The molecule has 2 nitrogen and oxygen atoms in total. The highest BCUT2D eigenvalue weighted by atomic mass is 16.5. The molecule has 0 radical (unpaired) electrons. The van der Waals surface area contributed by atoms with Crippen LogP contribution in [-0.2, 0) is 4.74 Å². The Labute approximate surface area is 92.3 Å². The van der Waals surface area contributed by atoms with Gasteiger partial charge in [-0.15, -0.1) is 0 Å². The second-order valence-corrected chi connectivity index (χ2v) is 5.28. The Balaban J connectivity index is 2.04.